The number of nitrogens with one attached hydrogen (secondary N) is 2. The van der Waals surface area contributed by atoms with Gasteiger partial charge in [-0.2, -0.15) is 0 Å². The van der Waals surface area contributed by atoms with Gasteiger partial charge < -0.3 is 20.2 Å². The smallest absolute Gasteiger partial charge is 0.341 e. The first-order valence-corrected chi connectivity index (χ1v) is 5.27. The Morgan fingerprint density at radius 1 is 1.53 bits per heavy atom. The van der Waals surface area contributed by atoms with E-state index in [1.165, 1.54) is 0 Å². The van der Waals surface area contributed by atoms with Crippen LogP contribution in [0, 0.1) is 5.41 Å². The van der Waals surface area contributed by atoms with Crippen molar-refractivity contribution in [2.24, 2.45) is 0 Å². The first kappa shape index (κ1) is 13.2. The fourth-order valence-corrected chi connectivity index (χ4v) is 1.34. The molecule has 0 aromatic rings. The minimum absolute atomic E-state index is 0.204. The van der Waals surface area contributed by atoms with Crippen LogP contribution in [0.4, 0.5) is 0 Å². The molecule has 5 heteroatoms. The van der Waals surface area contributed by atoms with Gasteiger partial charge in [-0.25, -0.2) is 4.79 Å². The van der Waals surface area contributed by atoms with E-state index in [4.69, 9.17) is 14.9 Å². The van der Waals surface area contributed by atoms with Crippen LogP contribution in [0.3, 0.4) is 0 Å². The molecule has 17 heavy (non-hydrogen) atoms. The van der Waals surface area contributed by atoms with Gasteiger partial charge in [0, 0.05) is 19.5 Å². The van der Waals surface area contributed by atoms with Gasteiger partial charge >= 0.3 is 5.97 Å². The highest BCUT2D eigenvalue weighted by atomic mass is 16.5. The van der Waals surface area contributed by atoms with Gasteiger partial charge in [0.2, 0.25) is 0 Å². The van der Waals surface area contributed by atoms with Crippen LogP contribution in [0.2, 0.25) is 0 Å². The van der Waals surface area contributed by atoms with Crippen LogP contribution in [-0.4, -0.2) is 32.5 Å². The average Bonchev–Trinajstić information content (AvgIpc) is 2.33. The lowest BCUT2D eigenvalue weighted by Gasteiger charge is -2.13. The second-order valence-corrected chi connectivity index (χ2v) is 3.32. The Bertz CT molecular complexity index is 395. The molecule has 5 nitrogen and oxygen atoms in total. The molecular weight excluding hydrogens is 220 g/mol. The fourth-order valence-electron chi connectivity index (χ4n) is 1.34. The van der Waals surface area contributed by atoms with Crippen LogP contribution in [0.15, 0.2) is 35.2 Å². The van der Waals surface area contributed by atoms with Gasteiger partial charge in [-0.3, -0.25) is 0 Å². The molecule has 1 aliphatic heterocycles. The maximum atomic E-state index is 11.5. The van der Waals surface area contributed by atoms with E-state index in [0.717, 1.165) is 11.8 Å². The lowest BCUT2D eigenvalue weighted by Crippen LogP contribution is -2.18. The van der Waals surface area contributed by atoms with Gasteiger partial charge in [0.05, 0.1) is 18.9 Å². The van der Waals surface area contributed by atoms with Gasteiger partial charge in [0.15, 0.2) is 0 Å². The first-order valence-electron chi connectivity index (χ1n) is 5.27. The van der Waals surface area contributed by atoms with Crippen LogP contribution in [0.5, 0.6) is 0 Å². The molecule has 0 bridgehead atoms. The minimum Gasteiger partial charge on any atom is -0.462 e. The molecule has 0 amide bonds. The molecule has 0 unspecified atom stereocenters. The number of rotatable bonds is 5. The molecule has 0 aromatic heterocycles. The van der Waals surface area contributed by atoms with E-state index in [1.54, 1.807) is 26.3 Å². The van der Waals surface area contributed by atoms with Crippen LogP contribution < -0.4 is 5.32 Å². The van der Waals surface area contributed by atoms with Crippen molar-refractivity contribution in [2.45, 2.75) is 6.92 Å². The molecule has 1 rings (SSSR count). The molecule has 0 fully saturated rings. The third-order valence-corrected chi connectivity index (χ3v) is 2.12. The Balaban J connectivity index is 2.82. The summed E-state index contributed by atoms with van der Waals surface area (Å²) < 4.78 is 9.83. The maximum Gasteiger partial charge on any atom is 0.341 e. The van der Waals surface area contributed by atoms with E-state index in [9.17, 15) is 4.79 Å². The molecule has 0 aliphatic carbocycles. The van der Waals surface area contributed by atoms with E-state index in [0.29, 0.717) is 12.3 Å². The van der Waals surface area contributed by atoms with Crippen molar-refractivity contribution < 1.29 is 14.3 Å². The van der Waals surface area contributed by atoms with E-state index < -0.39 is 5.97 Å². The summed E-state index contributed by atoms with van der Waals surface area (Å²) in [5.74, 6) is -0.502. The van der Waals surface area contributed by atoms with Crippen molar-refractivity contribution in [3.8, 4) is 0 Å². The third-order valence-electron chi connectivity index (χ3n) is 2.12. The molecular formula is C12H16N2O3. The highest BCUT2D eigenvalue weighted by Crippen LogP contribution is 2.11. The highest BCUT2D eigenvalue weighted by Gasteiger charge is 2.14. The Labute approximate surface area is 100 Å². The summed E-state index contributed by atoms with van der Waals surface area (Å²) in [4.78, 5) is 11.5. The van der Waals surface area contributed by atoms with Crippen LogP contribution in [0.1, 0.15) is 6.92 Å². The summed E-state index contributed by atoms with van der Waals surface area (Å²) >= 11 is 0. The zero-order valence-electron chi connectivity index (χ0n) is 9.95. The third kappa shape index (κ3) is 3.57. The van der Waals surface area contributed by atoms with Crippen LogP contribution >= 0.6 is 0 Å². The number of allylic oxidation sites excluding steroid dienone is 1. The lowest BCUT2D eigenvalue weighted by atomic mass is 10.1. The minimum atomic E-state index is -0.502. The highest BCUT2D eigenvalue weighted by molar-refractivity contribution is 6.09. The van der Waals surface area contributed by atoms with E-state index in [-0.39, 0.29) is 12.2 Å². The normalized spacial score (nSPS) is 16.9. The zero-order valence-corrected chi connectivity index (χ0v) is 9.95. The van der Waals surface area contributed by atoms with E-state index in [2.05, 4.69) is 5.32 Å². The molecule has 0 saturated carbocycles. The topological polar surface area (TPSA) is 71.4 Å². The Hall–Kier alpha value is -1.88. The summed E-state index contributed by atoms with van der Waals surface area (Å²) in [5, 5.41) is 10.2. The van der Waals surface area contributed by atoms with Crippen molar-refractivity contribution in [1.29, 1.82) is 5.41 Å². The second kappa shape index (κ2) is 6.65. The number of hydrogen-bond donors (Lipinski definition) is 2. The number of ether oxygens (including phenoxy) is 2. The number of methoxy groups -OCH3 is 1. The summed E-state index contributed by atoms with van der Waals surface area (Å²) in [6.45, 7) is 2.51. The predicted molar refractivity (Wildman–Crippen MR) is 64.7 cm³/mol. The maximum absolute atomic E-state index is 11.5. The predicted octanol–water partition coefficient (Wildman–Crippen LogP) is 1.14. The molecule has 1 heterocycles. The number of esters is 1. The van der Waals surface area contributed by atoms with Gasteiger partial charge in [-0.05, 0) is 18.6 Å². The fraction of sp³-hybridized carbons (Fsp3) is 0.333. The van der Waals surface area contributed by atoms with Gasteiger partial charge in [-0.1, -0.05) is 6.08 Å². The Kier molecular flexibility index (Phi) is 5.16. The molecule has 0 saturated heterocycles. The van der Waals surface area contributed by atoms with Crippen molar-refractivity contribution in [1.82, 2.24) is 5.32 Å². The lowest BCUT2D eigenvalue weighted by molar-refractivity contribution is -0.137. The van der Waals surface area contributed by atoms with Crippen LogP contribution in [0.25, 0.3) is 0 Å². The standard InChI is InChI=1S/C12H16N2O3/c1-3-17-12(15)10(6-13)11-5-4-9(7-14-11)8-16-2/h4-7,13-14H,3,8H2,1-2H3/b11-10+,13-6?. The second-order valence-electron chi connectivity index (χ2n) is 3.32. The summed E-state index contributed by atoms with van der Waals surface area (Å²) in [6.07, 6.45) is 6.28. The van der Waals surface area contributed by atoms with Crippen LogP contribution in [-0.2, 0) is 14.3 Å². The molecule has 2 N–H and O–H groups in total. The molecule has 0 spiro atoms. The number of carbonyl (C=O) groups is 1. The molecule has 92 valence electrons. The molecule has 0 aromatic carbocycles. The van der Waals surface area contributed by atoms with Crippen molar-refractivity contribution in [3.63, 3.8) is 0 Å². The Morgan fingerprint density at radius 3 is 2.76 bits per heavy atom. The summed E-state index contributed by atoms with van der Waals surface area (Å²) in [7, 11) is 1.61. The summed E-state index contributed by atoms with van der Waals surface area (Å²) in [6, 6.07) is 0. The molecule has 1 aliphatic rings. The quantitative estimate of drug-likeness (QED) is 0.426. The van der Waals surface area contributed by atoms with Gasteiger partial charge in [0.25, 0.3) is 0 Å². The van der Waals surface area contributed by atoms with Gasteiger partial charge in [-0.15, -0.1) is 0 Å². The molecule has 0 radical (unpaired) electrons. The van der Waals surface area contributed by atoms with Crippen molar-refractivity contribution in [2.75, 3.05) is 20.3 Å². The number of carbonyl (C=O) groups excluding carboxylic acids is 1. The molecule has 0 atom stereocenters. The van der Waals surface area contributed by atoms with Crippen molar-refractivity contribution >= 4 is 12.2 Å². The zero-order chi connectivity index (χ0) is 12.7. The van der Waals surface area contributed by atoms with Crippen molar-refractivity contribution in [3.05, 3.63) is 35.2 Å². The SMILES string of the molecule is CCOC(=O)/C(C=N)=C1\C=CC(COC)=CN1. The largest absolute Gasteiger partial charge is 0.462 e. The Morgan fingerprint density at radius 2 is 2.29 bits per heavy atom. The first-order chi connectivity index (χ1) is 8.22. The average molecular weight is 236 g/mol. The monoisotopic (exact) mass is 236 g/mol. The summed E-state index contributed by atoms with van der Waals surface area (Å²) in [5.41, 5.74) is 1.72. The number of dihydropyridines is 1. The van der Waals surface area contributed by atoms with Gasteiger partial charge in [0.1, 0.15) is 5.57 Å². The van der Waals surface area contributed by atoms with E-state index in [1.807, 2.05) is 6.08 Å². The number of hydrogen-bond acceptors (Lipinski definition) is 5. The van der Waals surface area contributed by atoms with E-state index >= 15 is 0 Å².